The van der Waals surface area contributed by atoms with Gasteiger partial charge in [0.15, 0.2) is 0 Å². The first-order chi connectivity index (χ1) is 9.60. The Morgan fingerprint density at radius 3 is 2.40 bits per heavy atom. The number of aryl methyl sites for hydroxylation is 1. The summed E-state index contributed by atoms with van der Waals surface area (Å²) in [4.78, 5) is 2.19. The van der Waals surface area contributed by atoms with Gasteiger partial charge in [0.2, 0.25) is 0 Å². The van der Waals surface area contributed by atoms with Crippen molar-refractivity contribution in [1.82, 2.24) is 0 Å². The molecule has 0 heterocycles. The van der Waals surface area contributed by atoms with Gasteiger partial charge in [0, 0.05) is 24.8 Å². The average Bonchev–Trinajstić information content (AvgIpc) is 2.47. The highest BCUT2D eigenvalue weighted by Crippen LogP contribution is 2.17. The molecule has 2 rings (SSSR count). The van der Waals surface area contributed by atoms with Crippen LogP contribution in [-0.2, 0) is 13.0 Å². The molecule has 2 aromatic carbocycles. The predicted octanol–water partition coefficient (Wildman–Crippen LogP) is 3.17. The summed E-state index contributed by atoms with van der Waals surface area (Å²) < 4.78 is 0. The van der Waals surface area contributed by atoms with Crippen molar-refractivity contribution in [3.8, 4) is 0 Å². The molecule has 0 aliphatic heterocycles. The lowest BCUT2D eigenvalue weighted by Gasteiger charge is -2.20. The molecule has 0 aliphatic rings. The quantitative estimate of drug-likeness (QED) is 0.646. The van der Waals surface area contributed by atoms with Crippen LogP contribution in [0.3, 0.4) is 0 Å². The molecule has 0 unspecified atom stereocenters. The molecule has 0 bridgehead atoms. The van der Waals surface area contributed by atoms with Crippen LogP contribution >= 0.6 is 0 Å². The van der Waals surface area contributed by atoms with Crippen LogP contribution in [0.15, 0.2) is 48.5 Å². The number of amidine groups is 1. The van der Waals surface area contributed by atoms with Gasteiger partial charge < -0.3 is 10.6 Å². The Morgan fingerprint density at radius 2 is 1.80 bits per heavy atom. The third-order valence-electron chi connectivity index (χ3n) is 3.44. The minimum atomic E-state index is 0.113. The van der Waals surface area contributed by atoms with E-state index in [0.29, 0.717) is 0 Å². The molecule has 0 spiro atoms. The van der Waals surface area contributed by atoms with E-state index in [1.165, 1.54) is 11.3 Å². The van der Waals surface area contributed by atoms with E-state index in [1.54, 1.807) is 0 Å². The molecule has 0 radical (unpaired) electrons. The molecule has 0 fully saturated rings. The van der Waals surface area contributed by atoms with E-state index < -0.39 is 0 Å². The molecule has 20 heavy (non-hydrogen) atoms. The highest BCUT2D eigenvalue weighted by atomic mass is 15.1. The number of nitrogens with zero attached hydrogens (tertiary/aromatic N) is 1. The molecule has 0 saturated carbocycles. The maximum atomic E-state index is 7.49. The minimum Gasteiger partial charge on any atom is -0.384 e. The molecule has 0 aliphatic carbocycles. The zero-order valence-electron chi connectivity index (χ0n) is 12.1. The van der Waals surface area contributed by atoms with Gasteiger partial charge in [0.25, 0.3) is 0 Å². The summed E-state index contributed by atoms with van der Waals surface area (Å²) in [5.41, 5.74) is 9.99. The molecule has 0 saturated heterocycles. The zero-order chi connectivity index (χ0) is 14.5. The van der Waals surface area contributed by atoms with Crippen molar-refractivity contribution in [2.24, 2.45) is 5.73 Å². The normalized spacial score (nSPS) is 10.3. The Bertz CT molecular complexity index is 587. The SMILES string of the molecule is CCc1ccc(N(C)Cc2cccc(C(=N)N)c2)cc1. The topological polar surface area (TPSA) is 53.1 Å². The highest BCUT2D eigenvalue weighted by Gasteiger charge is 2.04. The van der Waals surface area contributed by atoms with Crippen molar-refractivity contribution in [2.75, 3.05) is 11.9 Å². The fourth-order valence-electron chi connectivity index (χ4n) is 2.19. The number of hydrogen-bond donors (Lipinski definition) is 2. The Kier molecular flexibility index (Phi) is 4.41. The van der Waals surface area contributed by atoms with Crippen molar-refractivity contribution in [1.29, 1.82) is 5.41 Å². The van der Waals surface area contributed by atoms with Gasteiger partial charge in [-0.25, -0.2) is 0 Å². The fourth-order valence-corrected chi connectivity index (χ4v) is 2.19. The number of nitrogen functional groups attached to an aromatic ring is 1. The van der Waals surface area contributed by atoms with Crippen LogP contribution in [-0.4, -0.2) is 12.9 Å². The molecule has 3 nitrogen and oxygen atoms in total. The standard InChI is InChI=1S/C17H21N3/c1-3-13-7-9-16(10-8-13)20(2)12-14-5-4-6-15(11-14)17(18)19/h4-11H,3,12H2,1-2H3,(H3,18,19). The van der Waals surface area contributed by atoms with E-state index in [0.717, 1.165) is 24.1 Å². The van der Waals surface area contributed by atoms with Crippen molar-refractivity contribution in [3.05, 3.63) is 65.2 Å². The largest absolute Gasteiger partial charge is 0.384 e. The Balaban J connectivity index is 2.12. The number of anilines is 1. The maximum Gasteiger partial charge on any atom is 0.122 e. The van der Waals surface area contributed by atoms with E-state index in [4.69, 9.17) is 11.1 Å². The molecule has 3 N–H and O–H groups in total. The Hall–Kier alpha value is -2.29. The molecular formula is C17H21N3. The molecule has 3 heteroatoms. The lowest BCUT2D eigenvalue weighted by Crippen LogP contribution is -2.17. The second-order valence-electron chi connectivity index (χ2n) is 4.99. The van der Waals surface area contributed by atoms with E-state index in [1.807, 2.05) is 18.2 Å². The van der Waals surface area contributed by atoms with Crippen molar-refractivity contribution < 1.29 is 0 Å². The van der Waals surface area contributed by atoms with Crippen LogP contribution in [0, 0.1) is 5.41 Å². The first kappa shape index (κ1) is 14.1. The fraction of sp³-hybridized carbons (Fsp3) is 0.235. The summed E-state index contributed by atoms with van der Waals surface area (Å²) in [5.74, 6) is 0.113. The number of rotatable bonds is 5. The molecule has 0 amide bonds. The molecule has 104 valence electrons. The van der Waals surface area contributed by atoms with Crippen LogP contribution in [0.25, 0.3) is 0 Å². The summed E-state index contributed by atoms with van der Waals surface area (Å²) in [6.45, 7) is 2.96. The van der Waals surface area contributed by atoms with Gasteiger partial charge in [-0.05, 0) is 35.7 Å². The van der Waals surface area contributed by atoms with Crippen LogP contribution in [0.4, 0.5) is 5.69 Å². The van der Waals surface area contributed by atoms with Crippen LogP contribution in [0.1, 0.15) is 23.6 Å². The van der Waals surface area contributed by atoms with E-state index in [-0.39, 0.29) is 5.84 Å². The second-order valence-corrected chi connectivity index (χ2v) is 4.99. The summed E-state index contributed by atoms with van der Waals surface area (Å²) >= 11 is 0. The summed E-state index contributed by atoms with van der Waals surface area (Å²) in [7, 11) is 2.07. The maximum absolute atomic E-state index is 7.49. The lowest BCUT2D eigenvalue weighted by atomic mass is 10.1. The number of nitrogens with one attached hydrogen (secondary N) is 1. The third-order valence-corrected chi connectivity index (χ3v) is 3.44. The van der Waals surface area contributed by atoms with Crippen LogP contribution < -0.4 is 10.6 Å². The van der Waals surface area contributed by atoms with Crippen LogP contribution in [0.2, 0.25) is 0 Å². The Labute approximate surface area is 120 Å². The van der Waals surface area contributed by atoms with Crippen molar-refractivity contribution >= 4 is 11.5 Å². The van der Waals surface area contributed by atoms with Gasteiger partial charge in [0.1, 0.15) is 5.84 Å². The summed E-state index contributed by atoms with van der Waals surface area (Å²) in [5, 5.41) is 7.49. The van der Waals surface area contributed by atoms with Gasteiger partial charge in [-0.1, -0.05) is 37.3 Å². The van der Waals surface area contributed by atoms with E-state index in [2.05, 4.69) is 49.2 Å². The van der Waals surface area contributed by atoms with Gasteiger partial charge >= 0.3 is 0 Å². The highest BCUT2D eigenvalue weighted by molar-refractivity contribution is 5.95. The molecule has 2 aromatic rings. The monoisotopic (exact) mass is 267 g/mol. The molecular weight excluding hydrogens is 246 g/mol. The van der Waals surface area contributed by atoms with Crippen LogP contribution in [0.5, 0.6) is 0 Å². The van der Waals surface area contributed by atoms with Gasteiger partial charge in [0.05, 0.1) is 0 Å². The van der Waals surface area contributed by atoms with E-state index in [9.17, 15) is 0 Å². The molecule has 0 aromatic heterocycles. The Morgan fingerprint density at radius 1 is 1.10 bits per heavy atom. The predicted molar refractivity (Wildman–Crippen MR) is 85.4 cm³/mol. The summed E-state index contributed by atoms with van der Waals surface area (Å²) in [6, 6.07) is 16.5. The number of hydrogen-bond acceptors (Lipinski definition) is 2. The van der Waals surface area contributed by atoms with Gasteiger partial charge in [-0.2, -0.15) is 0 Å². The summed E-state index contributed by atoms with van der Waals surface area (Å²) in [6.07, 6.45) is 1.06. The first-order valence-corrected chi connectivity index (χ1v) is 6.83. The van der Waals surface area contributed by atoms with Gasteiger partial charge in [-0.3, -0.25) is 5.41 Å². The first-order valence-electron chi connectivity index (χ1n) is 6.83. The zero-order valence-corrected chi connectivity index (χ0v) is 12.1. The van der Waals surface area contributed by atoms with E-state index >= 15 is 0 Å². The van der Waals surface area contributed by atoms with Crippen molar-refractivity contribution in [2.45, 2.75) is 19.9 Å². The number of benzene rings is 2. The number of nitrogens with two attached hydrogens (primary N) is 1. The van der Waals surface area contributed by atoms with Crippen molar-refractivity contribution in [3.63, 3.8) is 0 Å². The molecule has 0 atom stereocenters. The lowest BCUT2D eigenvalue weighted by molar-refractivity contribution is 0.921. The minimum absolute atomic E-state index is 0.113. The van der Waals surface area contributed by atoms with Gasteiger partial charge in [-0.15, -0.1) is 0 Å². The third kappa shape index (κ3) is 3.38. The smallest absolute Gasteiger partial charge is 0.122 e. The second kappa shape index (κ2) is 6.24. The average molecular weight is 267 g/mol.